The second-order valence-electron chi connectivity index (χ2n) is 7.88. The van der Waals surface area contributed by atoms with Crippen LogP contribution in [0, 0.1) is 17.1 Å². The summed E-state index contributed by atoms with van der Waals surface area (Å²) in [6.45, 7) is 3.96. The number of benzene rings is 1. The van der Waals surface area contributed by atoms with Gasteiger partial charge in [-0.2, -0.15) is 0 Å². The largest absolute Gasteiger partial charge is 0.357 e. The number of halogens is 1. The molecule has 1 aliphatic rings. The van der Waals surface area contributed by atoms with E-state index in [1.807, 2.05) is 19.1 Å². The molecule has 1 fully saturated rings. The van der Waals surface area contributed by atoms with E-state index in [0.29, 0.717) is 34.2 Å². The van der Waals surface area contributed by atoms with Crippen LogP contribution in [0.5, 0.6) is 0 Å². The van der Waals surface area contributed by atoms with Gasteiger partial charge < -0.3 is 16.0 Å². The van der Waals surface area contributed by atoms with Crippen LogP contribution in [-0.2, 0) is 17.6 Å². The maximum atomic E-state index is 13.6. The minimum atomic E-state index is -0.241. The summed E-state index contributed by atoms with van der Waals surface area (Å²) in [6.07, 6.45) is 9.64. The van der Waals surface area contributed by atoms with Crippen LogP contribution in [0.25, 0.3) is 0 Å². The van der Waals surface area contributed by atoms with Crippen LogP contribution in [-0.4, -0.2) is 27.9 Å². The minimum absolute atomic E-state index is 0.165. The number of hydrogen-bond donors (Lipinski definition) is 3. The summed E-state index contributed by atoms with van der Waals surface area (Å²) in [4.78, 5) is 12.3. The van der Waals surface area contributed by atoms with Gasteiger partial charge in [0.2, 0.25) is 16.2 Å². The SMILES string of the molecule is CC/C=C\C(=N)C1CCC(Nc2nnc(NC(=O)Cc3ccc(F)c(CC)c3)s2)CC1. The molecule has 1 aromatic carbocycles. The second-order valence-corrected chi connectivity index (χ2v) is 8.85. The van der Waals surface area contributed by atoms with Crippen LogP contribution in [0.15, 0.2) is 30.4 Å². The van der Waals surface area contributed by atoms with Crippen molar-refractivity contribution in [1.29, 1.82) is 5.41 Å². The summed E-state index contributed by atoms with van der Waals surface area (Å²) < 4.78 is 13.6. The molecule has 31 heavy (non-hydrogen) atoms. The number of rotatable bonds is 9. The molecule has 2 aromatic rings. The Labute approximate surface area is 186 Å². The zero-order chi connectivity index (χ0) is 22.2. The van der Waals surface area contributed by atoms with Crippen molar-refractivity contribution in [2.75, 3.05) is 10.6 Å². The first kappa shape index (κ1) is 23.1. The number of nitrogens with zero attached hydrogens (tertiary/aromatic N) is 2. The van der Waals surface area contributed by atoms with Gasteiger partial charge in [0.05, 0.1) is 6.42 Å². The molecule has 0 radical (unpaired) electrons. The standard InChI is InChI=1S/C23H30FN5OS/c1-3-5-6-20(25)17-8-10-18(11-9-17)26-22-28-29-23(31-22)27-21(30)14-15-7-12-19(24)16(4-2)13-15/h5-7,12-13,17-18,25H,3-4,8-11,14H2,1-2H3,(H,26,28)(H,27,29,30)/b6-5-,25-20?. The Hall–Kier alpha value is -2.61. The summed E-state index contributed by atoms with van der Waals surface area (Å²) in [7, 11) is 0. The predicted molar refractivity (Wildman–Crippen MR) is 125 cm³/mol. The van der Waals surface area contributed by atoms with Crippen LogP contribution in [0.1, 0.15) is 57.1 Å². The van der Waals surface area contributed by atoms with E-state index in [1.165, 1.54) is 17.4 Å². The molecule has 166 valence electrons. The van der Waals surface area contributed by atoms with Gasteiger partial charge in [-0.25, -0.2) is 4.39 Å². The topological polar surface area (TPSA) is 90.8 Å². The lowest BCUT2D eigenvalue weighted by molar-refractivity contribution is -0.115. The van der Waals surface area contributed by atoms with Gasteiger partial charge >= 0.3 is 0 Å². The molecule has 1 aliphatic carbocycles. The average molecular weight is 444 g/mol. The van der Waals surface area contributed by atoms with Gasteiger partial charge in [-0.3, -0.25) is 4.79 Å². The Morgan fingerprint density at radius 3 is 2.68 bits per heavy atom. The van der Waals surface area contributed by atoms with Crippen LogP contribution >= 0.6 is 11.3 Å². The van der Waals surface area contributed by atoms with Gasteiger partial charge in [0.25, 0.3) is 0 Å². The fraction of sp³-hybridized carbons (Fsp3) is 0.478. The van der Waals surface area contributed by atoms with E-state index < -0.39 is 0 Å². The molecule has 8 heteroatoms. The highest BCUT2D eigenvalue weighted by Crippen LogP contribution is 2.29. The number of nitrogens with one attached hydrogen (secondary N) is 3. The third-order valence-electron chi connectivity index (χ3n) is 5.55. The fourth-order valence-electron chi connectivity index (χ4n) is 3.79. The summed E-state index contributed by atoms with van der Waals surface area (Å²) in [5, 5.41) is 23.7. The first-order chi connectivity index (χ1) is 15.0. The zero-order valence-corrected chi connectivity index (χ0v) is 18.9. The zero-order valence-electron chi connectivity index (χ0n) is 18.1. The first-order valence-electron chi connectivity index (χ1n) is 10.9. The van der Waals surface area contributed by atoms with Crippen molar-refractivity contribution in [3.63, 3.8) is 0 Å². The van der Waals surface area contributed by atoms with Gasteiger partial charge in [-0.15, -0.1) is 10.2 Å². The van der Waals surface area contributed by atoms with Gasteiger partial charge in [0, 0.05) is 17.7 Å². The molecular formula is C23H30FN5OS. The summed E-state index contributed by atoms with van der Waals surface area (Å²) in [6, 6.07) is 5.08. The Bertz CT molecular complexity index is 934. The first-order valence-corrected chi connectivity index (χ1v) is 11.7. The molecule has 0 unspecified atom stereocenters. The van der Waals surface area contributed by atoms with Crippen LogP contribution in [0.3, 0.4) is 0 Å². The van der Waals surface area contributed by atoms with E-state index in [-0.39, 0.29) is 18.1 Å². The Balaban J connectivity index is 1.47. The monoisotopic (exact) mass is 443 g/mol. The minimum Gasteiger partial charge on any atom is -0.357 e. The molecule has 3 rings (SSSR count). The average Bonchev–Trinajstić information content (AvgIpc) is 3.20. The molecule has 0 saturated heterocycles. The number of amides is 1. The van der Waals surface area contributed by atoms with Gasteiger partial charge in [-0.1, -0.05) is 43.4 Å². The number of hydrogen-bond acceptors (Lipinski definition) is 6. The summed E-state index contributed by atoms with van der Waals surface area (Å²) in [5.41, 5.74) is 2.11. The van der Waals surface area contributed by atoms with E-state index in [2.05, 4.69) is 27.8 Å². The Morgan fingerprint density at radius 2 is 1.97 bits per heavy atom. The van der Waals surface area contributed by atoms with Crippen molar-refractivity contribution in [2.45, 2.75) is 64.8 Å². The number of allylic oxidation sites excluding steroid dienone is 2. The summed E-state index contributed by atoms with van der Waals surface area (Å²) >= 11 is 1.32. The van der Waals surface area contributed by atoms with Crippen LogP contribution in [0.4, 0.5) is 14.7 Å². The quantitative estimate of drug-likeness (QED) is 0.454. The number of aryl methyl sites for hydroxylation is 1. The molecule has 0 atom stereocenters. The molecule has 0 aliphatic heterocycles. The number of carbonyl (C=O) groups excluding carboxylic acids is 1. The lowest BCUT2D eigenvalue weighted by atomic mass is 9.83. The molecule has 1 heterocycles. The number of aromatic nitrogens is 2. The van der Waals surface area contributed by atoms with Crippen molar-refractivity contribution < 1.29 is 9.18 Å². The highest BCUT2D eigenvalue weighted by atomic mass is 32.1. The highest BCUT2D eigenvalue weighted by molar-refractivity contribution is 7.19. The smallest absolute Gasteiger partial charge is 0.230 e. The lowest BCUT2D eigenvalue weighted by Gasteiger charge is -2.28. The van der Waals surface area contributed by atoms with Gasteiger partial charge in [0.15, 0.2) is 0 Å². The van der Waals surface area contributed by atoms with Gasteiger partial charge in [0.1, 0.15) is 5.82 Å². The second kappa shape index (κ2) is 11.1. The highest BCUT2D eigenvalue weighted by Gasteiger charge is 2.24. The Kier molecular flexibility index (Phi) is 8.28. The maximum absolute atomic E-state index is 13.6. The number of anilines is 2. The molecule has 1 amide bonds. The van der Waals surface area contributed by atoms with E-state index in [0.717, 1.165) is 43.4 Å². The van der Waals surface area contributed by atoms with Crippen molar-refractivity contribution in [3.05, 3.63) is 47.3 Å². The van der Waals surface area contributed by atoms with Crippen LogP contribution in [0.2, 0.25) is 0 Å². The summed E-state index contributed by atoms with van der Waals surface area (Å²) in [5.74, 6) is -0.102. The van der Waals surface area contributed by atoms with Crippen molar-refractivity contribution in [1.82, 2.24) is 10.2 Å². The third-order valence-corrected chi connectivity index (χ3v) is 6.32. The van der Waals surface area contributed by atoms with E-state index in [1.54, 1.807) is 12.1 Å². The molecular weight excluding hydrogens is 413 g/mol. The molecule has 1 saturated carbocycles. The molecule has 1 aromatic heterocycles. The van der Waals surface area contributed by atoms with Gasteiger partial charge in [-0.05, 0) is 61.8 Å². The van der Waals surface area contributed by atoms with Crippen molar-refractivity contribution in [3.8, 4) is 0 Å². The lowest BCUT2D eigenvalue weighted by Crippen LogP contribution is -2.28. The van der Waals surface area contributed by atoms with Crippen LogP contribution < -0.4 is 10.6 Å². The third kappa shape index (κ3) is 6.69. The van der Waals surface area contributed by atoms with Crippen molar-refractivity contribution >= 4 is 33.2 Å². The fourth-order valence-corrected chi connectivity index (χ4v) is 4.53. The predicted octanol–water partition coefficient (Wildman–Crippen LogP) is 5.38. The van der Waals surface area contributed by atoms with E-state index in [4.69, 9.17) is 5.41 Å². The maximum Gasteiger partial charge on any atom is 0.230 e. The molecule has 3 N–H and O–H groups in total. The van der Waals surface area contributed by atoms with Crippen molar-refractivity contribution in [2.24, 2.45) is 5.92 Å². The molecule has 6 nitrogen and oxygen atoms in total. The molecule has 0 spiro atoms. The van der Waals surface area contributed by atoms with E-state index in [9.17, 15) is 9.18 Å². The van der Waals surface area contributed by atoms with E-state index >= 15 is 0 Å². The number of carbonyl (C=O) groups is 1. The Morgan fingerprint density at radius 1 is 1.23 bits per heavy atom. The molecule has 0 bridgehead atoms. The normalized spacial score (nSPS) is 18.8.